The van der Waals surface area contributed by atoms with Gasteiger partial charge in [0, 0.05) is 45.3 Å². The molecule has 1 aromatic heterocycles. The third-order valence-corrected chi connectivity index (χ3v) is 6.37. The predicted molar refractivity (Wildman–Crippen MR) is 161 cm³/mol. The fourth-order valence-corrected chi connectivity index (χ4v) is 3.48. The molecule has 6 nitrogen and oxygen atoms in total. The summed E-state index contributed by atoms with van der Waals surface area (Å²) in [4.78, 5) is 28.8. The summed E-state index contributed by atoms with van der Waals surface area (Å²) in [6.45, 7) is 13.5. The Bertz CT molecular complexity index is 1070. The van der Waals surface area contributed by atoms with Gasteiger partial charge in [-0.3, -0.25) is 9.59 Å². The van der Waals surface area contributed by atoms with Crippen LogP contribution in [0.2, 0.25) is 0 Å². The van der Waals surface area contributed by atoms with Crippen molar-refractivity contribution < 1.29 is 50.0 Å². The highest BCUT2D eigenvalue weighted by Gasteiger charge is 2.73. The Morgan fingerprint density at radius 2 is 1.57 bits per heavy atom. The first-order valence-electron chi connectivity index (χ1n) is 14.1. The Labute approximate surface area is 260 Å². The maximum absolute atomic E-state index is 14.2. The summed E-state index contributed by atoms with van der Waals surface area (Å²) in [6.07, 6.45) is -0.187. The van der Waals surface area contributed by atoms with Crippen LogP contribution >= 0.6 is 11.8 Å². The van der Waals surface area contributed by atoms with Crippen LogP contribution in [0.1, 0.15) is 79.7 Å². The zero-order valence-electron chi connectivity index (χ0n) is 27.3. The van der Waals surface area contributed by atoms with Crippen molar-refractivity contribution in [3.8, 4) is 0 Å². The molecule has 0 atom stereocenters. The molecule has 15 heteroatoms. The molecule has 0 spiro atoms. The number of nitrogens with zero attached hydrogens (tertiary/aromatic N) is 2. The van der Waals surface area contributed by atoms with Gasteiger partial charge in [-0.15, -0.1) is 11.8 Å². The van der Waals surface area contributed by atoms with Gasteiger partial charge < -0.3 is 15.5 Å². The van der Waals surface area contributed by atoms with Crippen LogP contribution in [0, 0.1) is 5.82 Å². The second-order valence-corrected chi connectivity index (χ2v) is 9.52. The van der Waals surface area contributed by atoms with Crippen molar-refractivity contribution in [3.63, 3.8) is 0 Å². The van der Waals surface area contributed by atoms with E-state index in [0.29, 0.717) is 23.4 Å². The van der Waals surface area contributed by atoms with Gasteiger partial charge in [0.2, 0.25) is 5.91 Å². The van der Waals surface area contributed by atoms with E-state index in [0.717, 1.165) is 12.8 Å². The van der Waals surface area contributed by atoms with E-state index >= 15 is 0 Å². The van der Waals surface area contributed by atoms with Crippen molar-refractivity contribution in [3.05, 3.63) is 45.9 Å². The van der Waals surface area contributed by atoms with Gasteiger partial charge in [0.1, 0.15) is 5.70 Å². The second-order valence-electron chi connectivity index (χ2n) is 8.62. The Morgan fingerprint density at radius 1 is 1.05 bits per heavy atom. The van der Waals surface area contributed by atoms with Gasteiger partial charge >= 0.3 is 18.0 Å². The minimum atomic E-state index is -6.57. The fourth-order valence-electron chi connectivity index (χ4n) is 2.82. The number of thioether (sulfide) groups is 1. The predicted octanol–water partition coefficient (Wildman–Crippen LogP) is 7.89. The summed E-state index contributed by atoms with van der Waals surface area (Å²) in [7, 11) is 5.29. The van der Waals surface area contributed by atoms with Crippen LogP contribution in [0.3, 0.4) is 0 Å². The largest absolute Gasteiger partial charge is 0.460 e. The van der Waals surface area contributed by atoms with Crippen molar-refractivity contribution in [2.24, 2.45) is 0 Å². The lowest BCUT2D eigenvalue weighted by molar-refractivity contribution is -0.575. The lowest BCUT2D eigenvalue weighted by Crippen LogP contribution is -2.76. The molecule has 0 saturated carbocycles. The van der Waals surface area contributed by atoms with E-state index in [1.165, 1.54) is 17.8 Å². The number of quaternary nitrogens is 1. The van der Waals surface area contributed by atoms with Crippen molar-refractivity contribution in [2.45, 2.75) is 92.2 Å². The number of carbonyl (C=O) groups excluding carboxylic acids is 2. The number of pyridine rings is 1. The lowest BCUT2D eigenvalue weighted by atomic mass is 10.0. The number of allylic oxidation sites excluding steroid dienone is 2. The van der Waals surface area contributed by atoms with Crippen LogP contribution in [0.15, 0.2) is 34.5 Å². The Morgan fingerprint density at radius 3 is 1.93 bits per heavy atom. The zero-order valence-corrected chi connectivity index (χ0v) is 28.1. The molecule has 0 bridgehead atoms. The normalized spacial score (nSPS) is 12.3. The third-order valence-electron chi connectivity index (χ3n) is 5.37. The molecule has 2 amide bonds. The summed E-state index contributed by atoms with van der Waals surface area (Å²) in [5.74, 6) is -15.5. The first kappa shape index (κ1) is 45.7. The smallest absolute Gasteiger partial charge is 0.349 e. The van der Waals surface area contributed by atoms with E-state index in [1.807, 2.05) is 33.0 Å². The topological polar surface area (TPSA) is 78.9 Å². The van der Waals surface area contributed by atoms with Crippen LogP contribution in [0.5, 0.6) is 0 Å². The number of rotatable bonds is 11. The summed E-state index contributed by atoms with van der Waals surface area (Å²) in [6, 6.07) is -0.220. The van der Waals surface area contributed by atoms with Gasteiger partial charge in [-0.25, -0.2) is 9.37 Å². The van der Waals surface area contributed by atoms with Crippen LogP contribution < -0.4 is 10.6 Å². The molecule has 0 aromatic carbocycles. The average molecular weight is 668 g/mol. The summed E-state index contributed by atoms with van der Waals surface area (Å²) < 4.78 is 105. The minimum absolute atomic E-state index is 0.0437. The Hall–Kier alpha value is -2.68. The molecule has 0 aliphatic rings. The second kappa shape index (κ2) is 21.9. The van der Waals surface area contributed by atoms with E-state index in [2.05, 4.69) is 11.9 Å². The molecule has 1 rings (SSSR count). The van der Waals surface area contributed by atoms with Gasteiger partial charge in [-0.05, 0) is 30.1 Å². The Kier molecular flexibility index (Phi) is 22.8. The van der Waals surface area contributed by atoms with Crippen molar-refractivity contribution >= 4 is 29.4 Å². The lowest BCUT2D eigenvalue weighted by Gasteiger charge is -2.28. The molecule has 1 heterocycles. The molecule has 0 radical (unpaired) electrons. The monoisotopic (exact) mass is 667 g/mol. The number of alkyl halides is 7. The molecule has 3 N–H and O–H groups in total. The van der Waals surface area contributed by atoms with E-state index in [4.69, 9.17) is 0 Å². The highest BCUT2D eigenvalue weighted by molar-refractivity contribution is 8.02. The van der Waals surface area contributed by atoms with Crippen LogP contribution in [0.25, 0.3) is 0 Å². The number of hydrogen-bond donors (Lipinski definition) is 2. The quantitative estimate of drug-likeness (QED) is 0.143. The standard InChI is InChI=1S/C18H19F8N3OS.C7H15NO.2C2H6/c1-5-13(31-4)11(6-9(2)27-3)15(30)29-14-12(19)7-10(8-28-14)16(20,21)17(22,23)18(24,25)26;1-4-5-6-7(9)8(2)3;2*1-2/h6-8,27H,5H2,1-4H3,(H,28,29,30);4-6H2,1-3H3;2*1-2H3/p+1/b9-6+,13-11-;;;. The number of nitrogens with one attached hydrogen (secondary N) is 1. The number of nitrogens with two attached hydrogens (primary N) is 1. The van der Waals surface area contributed by atoms with Gasteiger partial charge in [-0.1, -0.05) is 48.0 Å². The maximum Gasteiger partial charge on any atom is 0.460 e. The molecule has 0 unspecified atom stereocenters. The highest BCUT2D eigenvalue weighted by Crippen LogP contribution is 2.51. The number of halogens is 8. The van der Waals surface area contributed by atoms with Gasteiger partial charge in [0.05, 0.1) is 12.6 Å². The first-order chi connectivity index (χ1) is 20.3. The summed E-state index contributed by atoms with van der Waals surface area (Å²) in [5.41, 5.74) is -1.18. The molecule has 0 aliphatic carbocycles. The van der Waals surface area contributed by atoms with Crippen molar-refractivity contribution in [1.82, 2.24) is 9.88 Å². The minimum Gasteiger partial charge on any atom is -0.349 e. The molecule has 0 fully saturated rings. The van der Waals surface area contributed by atoms with Crippen LogP contribution in [0.4, 0.5) is 40.9 Å². The zero-order chi connectivity index (χ0) is 35.5. The molecule has 0 aliphatic heterocycles. The molecule has 256 valence electrons. The van der Waals surface area contributed by atoms with Gasteiger partial charge in [-0.2, -0.15) is 30.7 Å². The average Bonchev–Trinajstić information content (AvgIpc) is 2.98. The van der Waals surface area contributed by atoms with Crippen molar-refractivity contribution in [1.29, 1.82) is 0 Å². The molecular formula is C29H47F8N4O2S+. The van der Waals surface area contributed by atoms with Crippen LogP contribution in [-0.2, 0) is 15.5 Å². The van der Waals surface area contributed by atoms with E-state index < -0.39 is 41.1 Å². The summed E-state index contributed by atoms with van der Waals surface area (Å²) >= 11 is 1.24. The number of hydrogen-bond acceptors (Lipinski definition) is 4. The fraction of sp³-hybridized carbons (Fsp3) is 0.621. The number of anilines is 1. The SMILES string of the molecule is CC.CC.CC/C(SC)=C(\C=C(/C)[NH2+]C)C(=O)Nc1ncc(C(F)(F)C(F)(F)C(F)(F)F)cc1F.CCCCC(=O)N(C)C. The van der Waals surface area contributed by atoms with Crippen molar-refractivity contribution in [2.75, 3.05) is 32.7 Å². The van der Waals surface area contributed by atoms with E-state index in [-0.39, 0.29) is 23.7 Å². The third kappa shape index (κ3) is 14.0. The van der Waals surface area contributed by atoms with E-state index in [1.54, 1.807) is 51.5 Å². The number of unbranched alkanes of at least 4 members (excludes halogenated alkanes) is 1. The van der Waals surface area contributed by atoms with E-state index in [9.17, 15) is 44.7 Å². The first-order valence-corrected chi connectivity index (χ1v) is 15.3. The number of aromatic nitrogens is 1. The molecule has 0 saturated heterocycles. The van der Waals surface area contributed by atoms with Gasteiger partial charge in [0.15, 0.2) is 11.6 Å². The highest BCUT2D eigenvalue weighted by atomic mass is 32.2. The maximum atomic E-state index is 14.2. The molecular weight excluding hydrogens is 620 g/mol. The Balaban J connectivity index is -0.00000109. The molecule has 44 heavy (non-hydrogen) atoms. The van der Waals surface area contributed by atoms with Crippen LogP contribution in [-0.4, -0.2) is 61.2 Å². The molecule has 1 aromatic rings. The summed E-state index contributed by atoms with van der Waals surface area (Å²) in [5, 5.41) is 3.72. The van der Waals surface area contributed by atoms with Gasteiger partial charge in [0.25, 0.3) is 5.91 Å². The number of amides is 2. The number of carbonyl (C=O) groups is 2.